The van der Waals surface area contributed by atoms with Gasteiger partial charge in [-0.15, -0.1) is 0 Å². The number of carboxylic acid groups (broad SMARTS) is 1. The molecule has 2 aromatic rings. The molecule has 3 N–H and O–H groups in total. The third-order valence-corrected chi connectivity index (χ3v) is 6.99. The lowest BCUT2D eigenvalue weighted by Crippen LogP contribution is -2.46. The van der Waals surface area contributed by atoms with Gasteiger partial charge in [0.25, 0.3) is 0 Å². The van der Waals surface area contributed by atoms with Crippen LogP contribution in [-0.2, 0) is 19.1 Å². The van der Waals surface area contributed by atoms with Crippen LogP contribution < -0.4 is 10.6 Å². The number of carbonyl (C=O) groups is 3. The largest absolute Gasteiger partial charge is 0.481 e. The highest BCUT2D eigenvalue weighted by atomic mass is 16.5. The molecule has 0 aromatic heterocycles. The summed E-state index contributed by atoms with van der Waals surface area (Å²) in [7, 11) is 1.47. The minimum absolute atomic E-state index is 0.0169. The number of alkyl carbamates (subject to hydrolysis) is 1. The van der Waals surface area contributed by atoms with Crippen molar-refractivity contribution in [2.24, 2.45) is 5.92 Å². The average Bonchev–Trinajstić information content (AvgIpc) is 3.19. The van der Waals surface area contributed by atoms with Gasteiger partial charge in [0.15, 0.2) is 0 Å². The van der Waals surface area contributed by atoms with E-state index in [1.54, 1.807) is 0 Å². The molecule has 1 saturated carbocycles. The molecular formula is C27H32N2O6. The molecule has 0 spiro atoms. The van der Waals surface area contributed by atoms with Crippen LogP contribution in [0.15, 0.2) is 48.5 Å². The van der Waals surface area contributed by atoms with Gasteiger partial charge in [0.2, 0.25) is 5.91 Å². The summed E-state index contributed by atoms with van der Waals surface area (Å²) in [5.74, 6) is -1.76. The number of benzene rings is 2. The van der Waals surface area contributed by atoms with E-state index in [0.717, 1.165) is 35.1 Å². The Balaban J connectivity index is 1.26. The Morgan fingerprint density at radius 1 is 1.00 bits per heavy atom. The monoisotopic (exact) mass is 480 g/mol. The summed E-state index contributed by atoms with van der Waals surface area (Å²) >= 11 is 0. The van der Waals surface area contributed by atoms with E-state index >= 15 is 0 Å². The van der Waals surface area contributed by atoms with Crippen LogP contribution in [-0.4, -0.2) is 55.5 Å². The molecule has 186 valence electrons. The van der Waals surface area contributed by atoms with Crippen LogP contribution >= 0.6 is 0 Å². The summed E-state index contributed by atoms with van der Waals surface area (Å²) in [5, 5.41) is 14.9. The van der Waals surface area contributed by atoms with E-state index < -0.39 is 24.1 Å². The van der Waals surface area contributed by atoms with Gasteiger partial charge in [0.05, 0.1) is 18.4 Å². The summed E-state index contributed by atoms with van der Waals surface area (Å²) < 4.78 is 10.9. The summed E-state index contributed by atoms with van der Waals surface area (Å²) in [6.45, 7) is 0.309. The molecule has 0 radical (unpaired) electrons. The van der Waals surface area contributed by atoms with Crippen LogP contribution in [0.3, 0.4) is 0 Å². The van der Waals surface area contributed by atoms with Gasteiger partial charge in [-0.2, -0.15) is 0 Å². The lowest BCUT2D eigenvalue weighted by atomic mass is 9.84. The maximum absolute atomic E-state index is 12.5. The lowest BCUT2D eigenvalue weighted by molar-refractivity contribution is -0.144. The maximum atomic E-state index is 12.5. The second-order valence-electron chi connectivity index (χ2n) is 9.17. The lowest BCUT2D eigenvalue weighted by Gasteiger charge is -2.29. The van der Waals surface area contributed by atoms with Gasteiger partial charge in [0.1, 0.15) is 6.61 Å². The SMILES string of the molecule is COC(CNC(=O)OCC1c2ccccc2-c2ccccc21)CC(=O)N[C@H]1CCCC[C@H]1C(=O)O. The Morgan fingerprint density at radius 2 is 1.63 bits per heavy atom. The zero-order chi connectivity index (χ0) is 24.8. The Kier molecular flexibility index (Phi) is 8.02. The molecule has 0 heterocycles. The Labute approximate surface area is 205 Å². The second kappa shape index (κ2) is 11.4. The topological polar surface area (TPSA) is 114 Å². The van der Waals surface area contributed by atoms with Crippen molar-refractivity contribution in [3.8, 4) is 11.1 Å². The standard InChI is InChI=1S/C27H32N2O6/c1-34-17(14-25(30)29-24-13-7-6-12-22(24)26(31)32)15-28-27(33)35-16-23-20-10-4-2-8-18(20)19-9-3-5-11-21(19)23/h2-5,8-11,17,22-24H,6-7,12-16H2,1H3,(H,28,33)(H,29,30)(H,31,32)/t17?,22-,24+/m1/s1. The zero-order valence-electron chi connectivity index (χ0n) is 19.9. The van der Waals surface area contributed by atoms with Crippen LogP contribution in [0.25, 0.3) is 11.1 Å². The van der Waals surface area contributed by atoms with Gasteiger partial charge < -0.3 is 25.2 Å². The van der Waals surface area contributed by atoms with Crippen molar-refractivity contribution in [1.82, 2.24) is 10.6 Å². The highest BCUT2D eigenvalue weighted by Crippen LogP contribution is 2.44. The molecule has 35 heavy (non-hydrogen) atoms. The number of fused-ring (bicyclic) bond motifs is 3. The van der Waals surface area contributed by atoms with Gasteiger partial charge in [-0.3, -0.25) is 9.59 Å². The summed E-state index contributed by atoms with van der Waals surface area (Å²) in [6.07, 6.45) is 1.85. The number of carbonyl (C=O) groups excluding carboxylic acids is 2. The van der Waals surface area contributed by atoms with Crippen molar-refractivity contribution < 1.29 is 29.0 Å². The number of nitrogens with one attached hydrogen (secondary N) is 2. The van der Waals surface area contributed by atoms with E-state index in [0.29, 0.717) is 12.8 Å². The molecule has 2 aliphatic carbocycles. The summed E-state index contributed by atoms with van der Waals surface area (Å²) in [5.41, 5.74) is 4.59. The van der Waals surface area contributed by atoms with E-state index in [-0.39, 0.29) is 37.4 Å². The van der Waals surface area contributed by atoms with Crippen molar-refractivity contribution in [3.05, 3.63) is 59.7 Å². The van der Waals surface area contributed by atoms with Crippen molar-refractivity contribution >= 4 is 18.0 Å². The van der Waals surface area contributed by atoms with Crippen molar-refractivity contribution in [3.63, 3.8) is 0 Å². The number of hydrogen-bond donors (Lipinski definition) is 3. The molecule has 2 aromatic carbocycles. The average molecular weight is 481 g/mol. The van der Waals surface area contributed by atoms with Crippen LogP contribution in [0.5, 0.6) is 0 Å². The fourth-order valence-corrected chi connectivity index (χ4v) is 5.16. The van der Waals surface area contributed by atoms with E-state index in [1.807, 2.05) is 24.3 Å². The van der Waals surface area contributed by atoms with Gasteiger partial charge in [-0.25, -0.2) is 4.79 Å². The van der Waals surface area contributed by atoms with Crippen molar-refractivity contribution in [2.45, 2.75) is 50.2 Å². The number of methoxy groups -OCH3 is 1. The molecule has 0 bridgehead atoms. The maximum Gasteiger partial charge on any atom is 0.407 e. The van der Waals surface area contributed by atoms with E-state index in [9.17, 15) is 19.5 Å². The third-order valence-electron chi connectivity index (χ3n) is 6.99. The molecule has 2 amide bonds. The molecule has 1 fully saturated rings. The first kappa shape index (κ1) is 24.7. The first-order valence-corrected chi connectivity index (χ1v) is 12.1. The highest BCUT2D eigenvalue weighted by Gasteiger charge is 2.32. The zero-order valence-corrected chi connectivity index (χ0v) is 19.9. The molecule has 0 saturated heterocycles. The Hall–Kier alpha value is -3.39. The summed E-state index contributed by atoms with van der Waals surface area (Å²) in [6, 6.07) is 15.9. The Morgan fingerprint density at radius 3 is 2.26 bits per heavy atom. The van der Waals surface area contributed by atoms with E-state index in [4.69, 9.17) is 9.47 Å². The normalized spacial score (nSPS) is 19.8. The third kappa shape index (κ3) is 5.82. The number of ether oxygens (including phenoxy) is 2. The summed E-state index contributed by atoms with van der Waals surface area (Å²) in [4.78, 5) is 36.4. The van der Waals surface area contributed by atoms with Gasteiger partial charge in [-0.05, 0) is 35.1 Å². The molecule has 4 rings (SSSR count). The molecule has 8 nitrogen and oxygen atoms in total. The number of carboxylic acids is 1. The first-order chi connectivity index (χ1) is 17.0. The number of aliphatic carboxylic acids is 1. The molecule has 8 heteroatoms. The molecule has 1 unspecified atom stereocenters. The van der Waals surface area contributed by atoms with Gasteiger partial charge >= 0.3 is 12.1 Å². The van der Waals surface area contributed by atoms with Gasteiger partial charge in [0, 0.05) is 25.6 Å². The first-order valence-electron chi connectivity index (χ1n) is 12.1. The Bertz CT molecular complexity index is 1030. The number of hydrogen-bond acceptors (Lipinski definition) is 5. The molecular weight excluding hydrogens is 448 g/mol. The minimum Gasteiger partial charge on any atom is -0.481 e. The smallest absolute Gasteiger partial charge is 0.407 e. The van der Waals surface area contributed by atoms with Crippen LogP contribution in [0.4, 0.5) is 4.79 Å². The van der Waals surface area contributed by atoms with E-state index in [1.165, 1.54) is 7.11 Å². The van der Waals surface area contributed by atoms with Crippen LogP contribution in [0.2, 0.25) is 0 Å². The molecule has 3 atom stereocenters. The minimum atomic E-state index is -0.879. The predicted octanol–water partition coefficient (Wildman–Crippen LogP) is 3.69. The molecule has 2 aliphatic rings. The fraction of sp³-hybridized carbons (Fsp3) is 0.444. The van der Waals surface area contributed by atoms with Crippen LogP contribution in [0.1, 0.15) is 49.1 Å². The highest BCUT2D eigenvalue weighted by molar-refractivity contribution is 5.80. The van der Waals surface area contributed by atoms with Crippen molar-refractivity contribution in [1.29, 1.82) is 0 Å². The van der Waals surface area contributed by atoms with Crippen LogP contribution in [0, 0.1) is 5.92 Å². The second-order valence-corrected chi connectivity index (χ2v) is 9.17. The fourth-order valence-electron chi connectivity index (χ4n) is 5.16. The predicted molar refractivity (Wildman–Crippen MR) is 130 cm³/mol. The van der Waals surface area contributed by atoms with E-state index in [2.05, 4.69) is 34.9 Å². The quantitative estimate of drug-likeness (QED) is 0.504. The van der Waals surface area contributed by atoms with Crippen molar-refractivity contribution in [2.75, 3.05) is 20.3 Å². The number of amides is 2. The number of rotatable bonds is 9. The molecule has 0 aliphatic heterocycles. The van der Waals surface area contributed by atoms with Gasteiger partial charge in [-0.1, -0.05) is 61.4 Å².